The molecule has 2 nitrogen and oxygen atoms in total. The van der Waals surface area contributed by atoms with Gasteiger partial charge in [-0.05, 0) is 106 Å². The lowest BCUT2D eigenvalue weighted by Gasteiger charge is -2.21. The molecule has 0 saturated heterocycles. The molecule has 0 aliphatic heterocycles. The van der Waals surface area contributed by atoms with Crippen LogP contribution in [0.2, 0.25) is 0 Å². The Morgan fingerprint density at radius 1 is 0.442 bits per heavy atom. The van der Waals surface area contributed by atoms with Gasteiger partial charge in [0.1, 0.15) is 0 Å². The zero-order chi connectivity index (χ0) is 38.3. The number of hydrogen-bond acceptors (Lipinski definition) is 2. The van der Waals surface area contributed by atoms with Crippen molar-refractivity contribution in [2.75, 3.05) is 0 Å². The van der Waals surface area contributed by atoms with Crippen molar-refractivity contribution in [1.29, 1.82) is 10.5 Å². The summed E-state index contributed by atoms with van der Waals surface area (Å²) in [6.07, 6.45) is -20.7. The van der Waals surface area contributed by atoms with E-state index < -0.39 is 58.1 Å². The molecule has 264 valence electrons. The maximum Gasteiger partial charge on any atom is 0.416 e. The number of alkyl halides is 12. The van der Waals surface area contributed by atoms with Gasteiger partial charge in [0.2, 0.25) is 0 Å². The van der Waals surface area contributed by atoms with Gasteiger partial charge in [-0.15, -0.1) is 0 Å². The van der Waals surface area contributed by atoms with Crippen molar-refractivity contribution >= 4 is 22.3 Å². The second-order valence-electron chi connectivity index (χ2n) is 12.0. The summed E-state index contributed by atoms with van der Waals surface area (Å²) in [6.45, 7) is 2.67. The van der Waals surface area contributed by atoms with Crippen molar-refractivity contribution in [2.24, 2.45) is 0 Å². The quantitative estimate of drug-likeness (QED) is 0.152. The Labute approximate surface area is 286 Å². The van der Waals surface area contributed by atoms with Crippen LogP contribution in [-0.4, -0.2) is 0 Å². The first-order chi connectivity index (χ1) is 24.1. The first-order valence-corrected chi connectivity index (χ1v) is 14.9. The van der Waals surface area contributed by atoms with Crippen molar-refractivity contribution < 1.29 is 52.7 Å². The molecule has 0 N–H and O–H groups in total. The van der Waals surface area contributed by atoms with Crippen LogP contribution in [-0.2, 0) is 24.7 Å². The molecule has 0 unspecified atom stereocenters. The molecule has 0 bridgehead atoms. The van der Waals surface area contributed by atoms with Crippen molar-refractivity contribution in [1.82, 2.24) is 0 Å². The van der Waals surface area contributed by atoms with Crippen LogP contribution in [0.5, 0.6) is 0 Å². The minimum atomic E-state index is -5.18. The van der Waals surface area contributed by atoms with Crippen LogP contribution in [0.25, 0.3) is 44.5 Å². The zero-order valence-corrected chi connectivity index (χ0v) is 26.4. The zero-order valence-electron chi connectivity index (χ0n) is 26.4. The van der Waals surface area contributed by atoms with Gasteiger partial charge in [0.25, 0.3) is 0 Å². The topological polar surface area (TPSA) is 47.6 Å². The van der Waals surface area contributed by atoms with E-state index in [0.717, 1.165) is 0 Å². The predicted octanol–water partition coefficient (Wildman–Crippen LogP) is 12.6. The van der Waals surface area contributed by atoms with Crippen molar-refractivity contribution in [3.8, 4) is 34.4 Å². The van der Waals surface area contributed by atoms with E-state index in [-0.39, 0.29) is 79.0 Å². The summed E-state index contributed by atoms with van der Waals surface area (Å²) in [5.74, 6) is 0. The smallest absolute Gasteiger partial charge is 0.193 e. The lowest BCUT2D eigenvalue weighted by Crippen LogP contribution is -2.11. The highest BCUT2D eigenvalue weighted by molar-refractivity contribution is 6.39. The number of allylic oxidation sites excluding steroid dienone is 6. The van der Waals surface area contributed by atoms with Crippen molar-refractivity contribution in [3.63, 3.8) is 0 Å². The highest BCUT2D eigenvalue weighted by Crippen LogP contribution is 2.62. The molecule has 0 heterocycles. The molecule has 4 aromatic carbocycles. The maximum absolute atomic E-state index is 13.9. The van der Waals surface area contributed by atoms with E-state index in [1.54, 1.807) is 0 Å². The van der Waals surface area contributed by atoms with Gasteiger partial charge in [0.15, 0.2) is 0 Å². The lowest BCUT2D eigenvalue weighted by molar-refractivity contribution is -0.144. The van der Waals surface area contributed by atoms with Gasteiger partial charge in [-0.3, -0.25) is 0 Å². The van der Waals surface area contributed by atoms with Crippen LogP contribution in [0.15, 0.2) is 83.9 Å². The van der Waals surface area contributed by atoms with Gasteiger partial charge in [0.05, 0.1) is 34.4 Å². The first kappa shape index (κ1) is 36.0. The number of nitrogens with zero attached hydrogens (tertiary/aromatic N) is 2. The average molecular weight is 731 g/mol. The molecule has 2 aliphatic rings. The fraction of sp³-hybridized carbons (Fsp3) is 0.158. The van der Waals surface area contributed by atoms with Crippen LogP contribution in [0.3, 0.4) is 0 Å². The Hall–Kier alpha value is -5.76. The summed E-state index contributed by atoms with van der Waals surface area (Å²) in [4.78, 5) is 0. The number of rotatable bonds is 2. The lowest BCUT2D eigenvalue weighted by atomic mass is 9.83. The van der Waals surface area contributed by atoms with Gasteiger partial charge in [-0.2, -0.15) is 63.2 Å². The summed E-state index contributed by atoms with van der Waals surface area (Å²) >= 11 is 0. The Kier molecular flexibility index (Phi) is 8.25. The minimum absolute atomic E-state index is 0.0327. The summed E-state index contributed by atoms with van der Waals surface area (Å²) in [6, 6.07) is 14.1. The van der Waals surface area contributed by atoms with Crippen LogP contribution in [0, 0.1) is 22.7 Å². The maximum atomic E-state index is 13.9. The molecule has 0 radical (unpaired) electrons. The normalized spacial score (nSPS) is 16.2. The summed E-state index contributed by atoms with van der Waals surface area (Å²) in [5, 5.41) is 20.2. The fourth-order valence-corrected chi connectivity index (χ4v) is 6.66. The van der Waals surface area contributed by atoms with E-state index in [2.05, 4.69) is 0 Å². The highest BCUT2D eigenvalue weighted by Gasteiger charge is 2.43. The van der Waals surface area contributed by atoms with Gasteiger partial charge < -0.3 is 0 Å². The van der Waals surface area contributed by atoms with Gasteiger partial charge in [0, 0.05) is 22.3 Å². The number of halogens is 12. The van der Waals surface area contributed by atoms with Crippen LogP contribution in [0.1, 0.15) is 58.4 Å². The Morgan fingerprint density at radius 2 is 0.712 bits per heavy atom. The molecule has 0 fully saturated rings. The first-order valence-electron chi connectivity index (χ1n) is 14.9. The Bertz CT molecular complexity index is 2150. The molecule has 14 heteroatoms. The minimum Gasteiger partial charge on any atom is -0.193 e. The van der Waals surface area contributed by atoms with Gasteiger partial charge >= 0.3 is 24.7 Å². The molecule has 0 spiro atoms. The SMILES string of the molecule is C/C(C#N)=C1C2=C(/C(=C(/C)C#N)c3c2cccc3-c2cc(C(F)(F)F)cc(C(F)(F)F)c2)c2cccc(-c3cc(C(F)(F)F)cc(C(F)(F)F)c3)c2/1. The summed E-state index contributed by atoms with van der Waals surface area (Å²) in [7, 11) is 0. The van der Waals surface area contributed by atoms with E-state index in [0.29, 0.717) is 24.3 Å². The largest absolute Gasteiger partial charge is 0.416 e. The summed E-state index contributed by atoms with van der Waals surface area (Å²) in [5.41, 5.74) is -6.87. The average Bonchev–Trinajstić information content (AvgIpc) is 3.58. The van der Waals surface area contributed by atoms with Crippen LogP contribution < -0.4 is 0 Å². The van der Waals surface area contributed by atoms with Crippen LogP contribution in [0.4, 0.5) is 52.7 Å². The molecular formula is C38H18F12N2. The summed E-state index contributed by atoms with van der Waals surface area (Å²) < 4.78 is 167. The number of nitriles is 2. The van der Waals surface area contributed by atoms with Gasteiger partial charge in [-0.25, -0.2) is 0 Å². The molecule has 0 saturated carbocycles. The standard InChI is InChI=1S/C38H18F12N2/c1-17(15-51)29-31-25(19-9-21(35(39,40)41)13-22(10-19)36(42,43)44)5-3-7-27(31)34-30(18(2)16-52)32-26(6-4-8-28(32)33(29)34)20-11-23(37(45,46)47)14-24(12-20)38(48,49)50/h3-14H,1-2H3/b29-17-,30-18-. The van der Waals surface area contributed by atoms with E-state index in [9.17, 15) is 63.2 Å². The highest BCUT2D eigenvalue weighted by atomic mass is 19.4. The predicted molar refractivity (Wildman–Crippen MR) is 167 cm³/mol. The van der Waals surface area contributed by atoms with E-state index in [1.807, 2.05) is 12.1 Å². The monoisotopic (exact) mass is 730 g/mol. The third-order valence-corrected chi connectivity index (χ3v) is 8.80. The number of fused-ring (bicyclic) bond motifs is 4. The van der Waals surface area contributed by atoms with E-state index in [4.69, 9.17) is 0 Å². The van der Waals surface area contributed by atoms with Crippen LogP contribution >= 0.6 is 0 Å². The molecule has 4 aromatic rings. The third-order valence-electron chi connectivity index (χ3n) is 8.80. The molecule has 0 amide bonds. The van der Waals surface area contributed by atoms with Crippen molar-refractivity contribution in [2.45, 2.75) is 38.6 Å². The molecular weight excluding hydrogens is 712 g/mol. The second kappa shape index (κ2) is 11.9. The molecule has 6 rings (SSSR count). The molecule has 0 atom stereocenters. The van der Waals surface area contributed by atoms with E-state index >= 15 is 0 Å². The Balaban J connectivity index is 1.69. The fourth-order valence-electron chi connectivity index (χ4n) is 6.66. The molecule has 0 aromatic heterocycles. The third kappa shape index (κ3) is 5.92. The number of benzene rings is 4. The van der Waals surface area contributed by atoms with E-state index in [1.165, 1.54) is 50.2 Å². The number of hydrogen-bond donors (Lipinski definition) is 0. The molecule has 52 heavy (non-hydrogen) atoms. The van der Waals surface area contributed by atoms with Gasteiger partial charge in [-0.1, -0.05) is 36.4 Å². The van der Waals surface area contributed by atoms with Crippen molar-refractivity contribution in [3.05, 3.63) is 128 Å². The Morgan fingerprint density at radius 3 is 0.962 bits per heavy atom. The molecule has 2 aliphatic carbocycles. The second-order valence-corrected chi connectivity index (χ2v) is 12.0.